The quantitative estimate of drug-likeness (QED) is 0.0169. The van der Waals surface area contributed by atoms with Crippen LogP contribution in [0.2, 0.25) is 0 Å². The van der Waals surface area contributed by atoms with Crippen LogP contribution in [0.25, 0.3) is 0 Å². The third-order valence-corrected chi connectivity index (χ3v) is 19.4. The molecule has 0 heterocycles. The molecule has 2 unspecified atom stereocenters. The summed E-state index contributed by atoms with van der Waals surface area (Å²) >= 11 is 0. The zero-order valence-electron chi connectivity index (χ0n) is 61.4. The second-order valence-corrected chi connectivity index (χ2v) is 29.8. The first-order chi connectivity index (χ1) is 46.9. The van der Waals surface area contributed by atoms with Crippen molar-refractivity contribution < 1.29 is 80.2 Å². The van der Waals surface area contributed by atoms with Crippen LogP contribution >= 0.6 is 15.6 Å². The summed E-state index contributed by atoms with van der Waals surface area (Å²) < 4.78 is 70.0. The van der Waals surface area contributed by atoms with Gasteiger partial charge in [-0.05, 0) is 89.9 Å². The van der Waals surface area contributed by atoms with E-state index >= 15 is 0 Å². The van der Waals surface area contributed by atoms with Crippen molar-refractivity contribution in [3.63, 3.8) is 0 Å². The summed E-state index contributed by atoms with van der Waals surface area (Å²) in [5, 5.41) is 10.6. The van der Waals surface area contributed by atoms with E-state index in [1.165, 1.54) is 167 Å². The fourth-order valence-corrected chi connectivity index (χ4v) is 13.0. The number of aliphatic hydroxyl groups is 1. The smallest absolute Gasteiger partial charge is 0.463 e. The number of unbranched alkanes of at least 4 members (excludes halogenated alkanes) is 48. The van der Waals surface area contributed by atoms with Crippen LogP contribution in [-0.4, -0.2) is 111 Å². The molecule has 19 heteroatoms. The predicted octanol–water partition coefficient (Wildman–Crippen LogP) is 21.9. The van der Waals surface area contributed by atoms with E-state index in [1.807, 2.05) is 0 Å². The molecule has 17 nitrogen and oxygen atoms in total. The molecule has 0 bridgehead atoms. The van der Waals surface area contributed by atoms with E-state index < -0.39 is 66.4 Å². The van der Waals surface area contributed by atoms with Crippen LogP contribution in [0.3, 0.4) is 0 Å². The molecule has 0 fully saturated rings. The Hall–Kier alpha value is -2.14. The maximum atomic E-state index is 13.1. The highest BCUT2D eigenvalue weighted by molar-refractivity contribution is 7.47. The Bertz CT molecular complexity index is 1860. The molecule has 0 aromatic rings. The standard InChI is InChI=1S/C77H146O17P2/c1-3-5-7-9-11-13-15-25-31-37-43-49-55-61-76(81)89-70-74(88-66-60-54-48-42-36-30-24-20-18-22-28-34-40-46-52-58-64-79)71-92-95(83,84)90-67-73(80)68-91-96(85,86)93-72-75(94-77(82)62-56-50-44-38-32-26-16-14-12-10-8-6-4-2)69-87-65-59-53-47-41-35-29-23-19-17-21-27-33-39-45-51-57-63-78/h17-18,21-22,63-64,73-75,80H,3-16,19-20,23-62,65-72H2,1-2H3,(H,83,84)(H,85,86)/b21-17-,22-18-/t73-,74+,75+/m0/s1. The van der Waals surface area contributed by atoms with Gasteiger partial charge in [0.1, 0.15) is 37.5 Å². The predicted molar refractivity (Wildman–Crippen MR) is 391 cm³/mol. The lowest BCUT2D eigenvalue weighted by Crippen LogP contribution is -2.29. The molecule has 0 saturated carbocycles. The van der Waals surface area contributed by atoms with Crippen LogP contribution < -0.4 is 0 Å². The molecule has 566 valence electrons. The number of carbonyl (C=O) groups excluding carboxylic acids is 4. The van der Waals surface area contributed by atoms with Gasteiger partial charge in [-0.15, -0.1) is 0 Å². The van der Waals surface area contributed by atoms with E-state index in [0.717, 1.165) is 167 Å². The van der Waals surface area contributed by atoms with Gasteiger partial charge in [-0.1, -0.05) is 282 Å². The number of ether oxygens (including phenoxy) is 4. The van der Waals surface area contributed by atoms with Gasteiger partial charge in [-0.2, -0.15) is 0 Å². The monoisotopic (exact) mass is 1410 g/mol. The summed E-state index contributed by atoms with van der Waals surface area (Å²) in [7, 11) is -9.66. The van der Waals surface area contributed by atoms with Crippen LogP contribution in [0, 0.1) is 0 Å². The Morgan fingerprint density at radius 2 is 0.625 bits per heavy atom. The summed E-state index contributed by atoms with van der Waals surface area (Å²) in [6.45, 7) is 2.43. The van der Waals surface area contributed by atoms with Gasteiger partial charge >= 0.3 is 27.6 Å². The number of carbonyl (C=O) groups is 4. The normalized spacial score (nSPS) is 14.1. The molecular formula is C77H146O17P2. The van der Waals surface area contributed by atoms with Crippen molar-refractivity contribution in [2.45, 2.75) is 392 Å². The molecule has 3 N–H and O–H groups in total. The highest BCUT2D eigenvalue weighted by Gasteiger charge is 2.29. The number of allylic oxidation sites excluding steroid dienone is 4. The first-order valence-electron chi connectivity index (χ1n) is 39.5. The number of rotatable bonds is 80. The van der Waals surface area contributed by atoms with Crippen molar-refractivity contribution in [2.24, 2.45) is 0 Å². The van der Waals surface area contributed by atoms with Crippen LogP contribution in [0.5, 0.6) is 0 Å². The third kappa shape index (κ3) is 73.1. The Kier molecular flexibility index (Phi) is 72.4. The molecule has 0 radical (unpaired) electrons. The molecule has 0 aliphatic carbocycles. The van der Waals surface area contributed by atoms with E-state index in [2.05, 4.69) is 38.2 Å². The zero-order chi connectivity index (χ0) is 70.0. The molecule has 0 aromatic carbocycles. The first kappa shape index (κ1) is 93.9. The summed E-state index contributed by atoms with van der Waals surface area (Å²) in [4.78, 5) is 68.0. The summed E-state index contributed by atoms with van der Waals surface area (Å²) in [6, 6.07) is 0. The lowest BCUT2D eigenvalue weighted by molar-refractivity contribution is -0.154. The second kappa shape index (κ2) is 74.1. The van der Waals surface area contributed by atoms with Crippen molar-refractivity contribution in [1.82, 2.24) is 0 Å². The average molecular weight is 1410 g/mol. The molecule has 5 atom stereocenters. The Labute approximate surface area is 586 Å². The highest BCUT2D eigenvalue weighted by atomic mass is 31.2. The van der Waals surface area contributed by atoms with Gasteiger partial charge in [-0.3, -0.25) is 27.7 Å². The van der Waals surface area contributed by atoms with Crippen LogP contribution in [-0.2, 0) is 65.4 Å². The van der Waals surface area contributed by atoms with Gasteiger partial charge in [0.25, 0.3) is 0 Å². The van der Waals surface area contributed by atoms with Gasteiger partial charge in [0.2, 0.25) is 0 Å². The fourth-order valence-electron chi connectivity index (χ4n) is 11.4. The highest BCUT2D eigenvalue weighted by Crippen LogP contribution is 2.45. The van der Waals surface area contributed by atoms with E-state index in [9.17, 15) is 43.2 Å². The minimum absolute atomic E-state index is 0.0543. The fraction of sp³-hybridized carbons (Fsp3) is 0.896. The molecule has 0 aromatic heterocycles. The number of esters is 2. The maximum Gasteiger partial charge on any atom is 0.472 e. The van der Waals surface area contributed by atoms with E-state index in [-0.39, 0.29) is 32.0 Å². The van der Waals surface area contributed by atoms with E-state index in [0.29, 0.717) is 38.9 Å². The lowest BCUT2D eigenvalue weighted by atomic mass is 10.0. The summed E-state index contributed by atoms with van der Waals surface area (Å²) in [5.41, 5.74) is 0. The first-order valence-corrected chi connectivity index (χ1v) is 42.5. The minimum Gasteiger partial charge on any atom is -0.463 e. The van der Waals surface area contributed by atoms with Gasteiger partial charge in [-0.25, -0.2) is 9.13 Å². The molecule has 0 aliphatic heterocycles. The van der Waals surface area contributed by atoms with Crippen LogP contribution in [0.1, 0.15) is 373 Å². The minimum atomic E-state index is -4.84. The number of phosphoric acid groups is 2. The maximum absolute atomic E-state index is 13.1. The molecule has 0 aliphatic rings. The SMILES string of the molecule is CCCCCCCCCCCCCCCC(=O)OC[C@H](COP(=O)(O)OC[C@H](O)COP(=O)(O)OC[C@@H](COCCCCCCCCC/C=C\CCCCCCC=O)OC(=O)CCCCCCCCCCCCCCC)OCCCCCCCCC/C=C\CCCCCCC=O. The van der Waals surface area contributed by atoms with Crippen molar-refractivity contribution in [1.29, 1.82) is 0 Å². The number of hydrogen-bond donors (Lipinski definition) is 3. The van der Waals surface area contributed by atoms with E-state index in [4.69, 9.17) is 37.0 Å². The topological polar surface area (TPSA) is 237 Å². The van der Waals surface area contributed by atoms with E-state index in [1.54, 1.807) is 0 Å². The molecular weight excluding hydrogens is 1260 g/mol. The van der Waals surface area contributed by atoms with Gasteiger partial charge in [0.15, 0.2) is 0 Å². The van der Waals surface area contributed by atoms with Crippen LogP contribution in [0.4, 0.5) is 0 Å². The second-order valence-electron chi connectivity index (χ2n) is 26.9. The van der Waals surface area contributed by atoms with Crippen molar-refractivity contribution in [3.8, 4) is 0 Å². The number of phosphoric ester groups is 2. The Morgan fingerprint density at radius 3 is 0.990 bits per heavy atom. The lowest BCUT2D eigenvalue weighted by Gasteiger charge is -2.21. The molecule has 0 saturated heterocycles. The number of hydrogen-bond acceptors (Lipinski definition) is 15. The van der Waals surface area contributed by atoms with Gasteiger partial charge in [0, 0.05) is 38.9 Å². The van der Waals surface area contributed by atoms with Crippen LogP contribution in [0.15, 0.2) is 24.3 Å². The van der Waals surface area contributed by atoms with Crippen molar-refractivity contribution >= 4 is 40.2 Å². The zero-order valence-corrected chi connectivity index (χ0v) is 63.2. The Morgan fingerprint density at radius 1 is 0.333 bits per heavy atom. The summed E-state index contributed by atoms with van der Waals surface area (Å²) in [6.07, 6.45) is 68.4. The van der Waals surface area contributed by atoms with Crippen molar-refractivity contribution in [2.75, 3.05) is 52.9 Å². The molecule has 0 rings (SSSR count). The Balaban J connectivity index is 5.14. The van der Waals surface area contributed by atoms with Crippen molar-refractivity contribution in [3.05, 3.63) is 24.3 Å². The third-order valence-electron chi connectivity index (χ3n) is 17.5. The van der Waals surface area contributed by atoms with Gasteiger partial charge < -0.3 is 43.4 Å². The van der Waals surface area contributed by atoms with Gasteiger partial charge in [0.05, 0.1) is 33.0 Å². The number of aliphatic hydroxyl groups excluding tert-OH is 1. The largest absolute Gasteiger partial charge is 0.472 e. The summed E-state index contributed by atoms with van der Waals surface area (Å²) in [5.74, 6) is -0.833. The molecule has 96 heavy (non-hydrogen) atoms. The molecule has 0 spiro atoms. The molecule has 0 amide bonds. The average Bonchev–Trinajstić information content (AvgIpc) is 2.71. The number of aldehydes is 2.